The van der Waals surface area contributed by atoms with Crippen LogP contribution in [0.2, 0.25) is 0 Å². The Balaban J connectivity index is 3.52. The van der Waals surface area contributed by atoms with Crippen molar-refractivity contribution in [2.24, 2.45) is 5.41 Å². The van der Waals surface area contributed by atoms with Gasteiger partial charge in [0.15, 0.2) is 0 Å². The van der Waals surface area contributed by atoms with Crippen molar-refractivity contribution in [2.75, 3.05) is 6.61 Å². The summed E-state index contributed by atoms with van der Waals surface area (Å²) >= 11 is 9.33. The Morgan fingerprint density at radius 2 is 1.78 bits per heavy atom. The van der Waals surface area contributed by atoms with E-state index in [1.165, 1.54) is 0 Å². The summed E-state index contributed by atoms with van der Waals surface area (Å²) in [7, 11) is -0.695. The van der Waals surface area contributed by atoms with Crippen LogP contribution in [0, 0.1) is 5.41 Å². The summed E-state index contributed by atoms with van der Waals surface area (Å²) in [5.41, 5.74) is 0.183. The highest BCUT2D eigenvalue weighted by Crippen LogP contribution is 2.12. The van der Waals surface area contributed by atoms with Crippen LogP contribution in [0.1, 0.15) is 20.8 Å². The summed E-state index contributed by atoms with van der Waals surface area (Å²) in [5.74, 6) is 0. The molecule has 56 valence electrons. The molecule has 0 spiro atoms. The molecule has 0 aromatic heterocycles. The van der Waals surface area contributed by atoms with Gasteiger partial charge in [0.2, 0.25) is 0 Å². The fraction of sp³-hybridized carbons (Fsp3) is 1.00. The van der Waals surface area contributed by atoms with Gasteiger partial charge >= 0.3 is 0 Å². The molecule has 0 aliphatic rings. The second-order valence-corrected chi connectivity index (χ2v) is 6.12. The second-order valence-electron chi connectivity index (χ2n) is 3.03. The molecule has 9 heavy (non-hydrogen) atoms. The van der Waals surface area contributed by atoms with Gasteiger partial charge in [-0.3, -0.25) is 0 Å². The van der Waals surface area contributed by atoms with E-state index in [1.54, 1.807) is 0 Å². The Labute approximate surface area is 67.8 Å². The van der Waals surface area contributed by atoms with E-state index in [0.717, 1.165) is 0 Å². The summed E-state index contributed by atoms with van der Waals surface area (Å²) in [6, 6.07) is 0. The van der Waals surface area contributed by atoms with Crippen LogP contribution in [-0.2, 0) is 34.9 Å². The molecule has 1 nitrogen and oxygen atoms in total. The highest BCUT2D eigenvalue weighted by Gasteiger charge is 2.06. The maximum atomic E-state index is 5.06. The molecule has 0 saturated heterocycles. The maximum Gasteiger partial charge on any atom is 0.0282 e. The quantitative estimate of drug-likeness (QED) is 0.601. The lowest BCUT2D eigenvalue weighted by molar-refractivity contribution is 0.228. The average Bonchev–Trinajstić information content (AvgIpc) is 1.59. The van der Waals surface area contributed by atoms with E-state index < -0.39 is 8.29 Å². The molecule has 0 aliphatic heterocycles. The Bertz CT molecular complexity index is 135. The van der Waals surface area contributed by atoms with Gasteiger partial charge in [-0.1, -0.05) is 20.8 Å². The van der Waals surface area contributed by atoms with E-state index in [0.29, 0.717) is 6.61 Å². The topological polar surface area (TPSA) is 9.23 Å². The fourth-order valence-electron chi connectivity index (χ4n) is 0.225. The van der Waals surface area contributed by atoms with E-state index >= 15 is 0 Å². The largest absolute Gasteiger partial charge is 0.466 e. The van der Waals surface area contributed by atoms with Crippen LogP contribution in [0.15, 0.2) is 0 Å². The van der Waals surface area contributed by atoms with Gasteiger partial charge in [-0.2, -0.15) is 0 Å². The van der Waals surface area contributed by atoms with Crippen LogP contribution >= 0.6 is 0 Å². The molecule has 0 aromatic rings. The molecule has 0 saturated carbocycles. The van der Waals surface area contributed by atoms with Crippen LogP contribution in [0.25, 0.3) is 0 Å². The van der Waals surface area contributed by atoms with Gasteiger partial charge in [-0.15, -0.1) is 0 Å². The zero-order valence-electron chi connectivity index (χ0n) is 5.84. The Kier molecular flexibility index (Phi) is 4.12. The third kappa shape index (κ3) is 8.75. The molecule has 4 heteroatoms. The summed E-state index contributed by atoms with van der Waals surface area (Å²) in [4.78, 5) is 0. The van der Waals surface area contributed by atoms with Gasteiger partial charge in [-0.05, 0) is 5.41 Å². The molecule has 0 atom stereocenters. The van der Waals surface area contributed by atoms with Crippen LogP contribution in [0.5, 0.6) is 0 Å². The normalized spacial score (nSPS) is 12.4. The lowest BCUT2D eigenvalue weighted by atomic mass is 9.99. The van der Waals surface area contributed by atoms with Crippen LogP contribution in [0.4, 0.5) is 0 Å². The average molecular weight is 183 g/mol. The van der Waals surface area contributed by atoms with Crippen molar-refractivity contribution in [3.05, 3.63) is 0 Å². The first-order valence-electron chi connectivity index (χ1n) is 2.64. The van der Waals surface area contributed by atoms with E-state index in [4.69, 9.17) is 4.18 Å². The lowest BCUT2D eigenvalue weighted by Crippen LogP contribution is -2.13. The summed E-state index contributed by atoms with van der Waals surface area (Å²) in [6.45, 7) is 6.92. The fourth-order valence-corrected chi connectivity index (χ4v) is 0.963. The third-order valence-corrected chi connectivity index (χ3v) is 1.48. The lowest BCUT2D eigenvalue weighted by Gasteiger charge is -2.20. The molecule has 0 amide bonds. The molecule has 0 unspecified atom stereocenters. The Morgan fingerprint density at radius 1 is 1.33 bits per heavy atom. The first-order chi connectivity index (χ1) is 3.92. The standard InChI is InChI=1S/C5H11OS3/c1-5(2,3)4-6-9(7)8/h4H2,1-3H3/q-1. The molecule has 0 radical (unpaired) electrons. The van der Waals surface area contributed by atoms with Crippen LogP contribution in [-0.4, -0.2) is 6.61 Å². The first-order valence-corrected chi connectivity index (χ1v) is 5.64. The Morgan fingerprint density at radius 3 is 1.89 bits per heavy atom. The van der Waals surface area contributed by atoms with Gasteiger partial charge in [-0.25, -0.2) is 30.7 Å². The van der Waals surface area contributed by atoms with Gasteiger partial charge < -0.3 is 4.18 Å². The monoisotopic (exact) mass is 183 g/mol. The van der Waals surface area contributed by atoms with Crippen LogP contribution < -0.4 is 0 Å². The smallest absolute Gasteiger partial charge is 0.0282 e. The van der Waals surface area contributed by atoms with Crippen molar-refractivity contribution in [2.45, 2.75) is 20.8 Å². The van der Waals surface area contributed by atoms with Crippen molar-refractivity contribution in [3.63, 3.8) is 0 Å². The molecule has 0 N–H and O–H groups in total. The van der Waals surface area contributed by atoms with Crippen molar-refractivity contribution < 1.29 is 4.18 Å². The molecule has 0 fully saturated rings. The SMILES string of the molecule is CC(C)(C)CO[S-](=S)=S. The molecule has 0 rings (SSSR count). The van der Waals surface area contributed by atoms with Crippen molar-refractivity contribution in [3.8, 4) is 0 Å². The molecular formula is C5H11OS3-. The van der Waals surface area contributed by atoms with Gasteiger partial charge in [0.25, 0.3) is 0 Å². The van der Waals surface area contributed by atoms with E-state index in [2.05, 4.69) is 43.1 Å². The molecule has 0 aromatic carbocycles. The maximum absolute atomic E-state index is 5.06. The van der Waals surface area contributed by atoms with Crippen LogP contribution in [0.3, 0.4) is 0 Å². The van der Waals surface area contributed by atoms with Gasteiger partial charge in [0.05, 0.1) is 0 Å². The third-order valence-electron chi connectivity index (χ3n) is 0.588. The van der Waals surface area contributed by atoms with Crippen molar-refractivity contribution in [1.82, 2.24) is 0 Å². The number of rotatable bonds is 2. The second kappa shape index (κ2) is 3.81. The number of hydrogen-bond donors (Lipinski definition) is 0. The minimum absolute atomic E-state index is 0.183. The Hall–Kier alpha value is 0.750. The van der Waals surface area contributed by atoms with E-state index in [9.17, 15) is 0 Å². The molecule has 0 heterocycles. The van der Waals surface area contributed by atoms with Crippen molar-refractivity contribution >= 4 is 30.7 Å². The predicted molar refractivity (Wildman–Crippen MR) is 47.5 cm³/mol. The van der Waals surface area contributed by atoms with Gasteiger partial charge in [0.1, 0.15) is 0 Å². The molecule has 0 aliphatic carbocycles. The molecular weight excluding hydrogens is 172 g/mol. The minimum atomic E-state index is -0.695. The van der Waals surface area contributed by atoms with Crippen molar-refractivity contribution in [1.29, 1.82) is 0 Å². The zero-order chi connectivity index (χ0) is 7.49. The van der Waals surface area contributed by atoms with Gasteiger partial charge in [0, 0.05) is 6.61 Å². The van der Waals surface area contributed by atoms with E-state index in [1.807, 2.05) is 0 Å². The predicted octanol–water partition coefficient (Wildman–Crippen LogP) is 1.51. The minimum Gasteiger partial charge on any atom is -0.466 e. The highest BCUT2D eigenvalue weighted by atomic mass is 33.1. The summed E-state index contributed by atoms with van der Waals surface area (Å²) < 4.78 is 5.06. The molecule has 0 bridgehead atoms. The zero-order valence-corrected chi connectivity index (χ0v) is 8.29. The van der Waals surface area contributed by atoms with E-state index in [-0.39, 0.29) is 5.41 Å². The first kappa shape index (κ1) is 9.75. The highest BCUT2D eigenvalue weighted by molar-refractivity contribution is 8.44. The summed E-state index contributed by atoms with van der Waals surface area (Å²) in [6.07, 6.45) is 0. The number of hydrogen-bond acceptors (Lipinski definition) is 4. The summed E-state index contributed by atoms with van der Waals surface area (Å²) in [5, 5.41) is 0.